The molecule has 0 bridgehead atoms. The third-order valence-electron chi connectivity index (χ3n) is 3.43. The van der Waals surface area contributed by atoms with Crippen LogP contribution in [0.1, 0.15) is 25.7 Å². The Labute approximate surface area is 102 Å². The van der Waals surface area contributed by atoms with Crippen molar-refractivity contribution in [2.24, 2.45) is 0 Å². The number of imidazole rings is 1. The number of hydrogen-bond acceptors (Lipinski definition) is 3. The van der Waals surface area contributed by atoms with Crippen molar-refractivity contribution in [2.75, 3.05) is 20.1 Å². The second-order valence-corrected chi connectivity index (χ2v) is 4.62. The Morgan fingerprint density at radius 1 is 1.53 bits per heavy atom. The van der Waals surface area contributed by atoms with Crippen molar-refractivity contribution in [2.45, 2.75) is 31.7 Å². The first-order valence-electron chi connectivity index (χ1n) is 6.24. The number of carbonyl (C=O) groups is 1. The Hall–Kier alpha value is -1.36. The zero-order valence-corrected chi connectivity index (χ0v) is 10.3. The van der Waals surface area contributed by atoms with Crippen molar-refractivity contribution in [3.05, 3.63) is 18.7 Å². The van der Waals surface area contributed by atoms with Gasteiger partial charge in [-0.3, -0.25) is 4.57 Å². The lowest BCUT2D eigenvalue weighted by Crippen LogP contribution is -2.38. The standard InChI is InChI=1S/C12H20N4O/c1-15(11-4-2-3-5-11)8-7-14-12(17)16-9-6-13-10-16/h6,9-11H,2-5,7-8H2,1H3,(H,14,17). The molecule has 1 fully saturated rings. The molecule has 1 saturated carbocycles. The van der Waals surface area contributed by atoms with Crippen LogP contribution in [0, 0.1) is 0 Å². The van der Waals surface area contributed by atoms with Gasteiger partial charge in [0.1, 0.15) is 6.33 Å². The van der Waals surface area contributed by atoms with Crippen LogP contribution in [0.2, 0.25) is 0 Å². The zero-order chi connectivity index (χ0) is 12.1. The molecule has 2 rings (SSSR count). The highest BCUT2D eigenvalue weighted by atomic mass is 16.2. The number of likely N-dealkylation sites (N-methyl/N-ethyl adjacent to an activating group) is 1. The fourth-order valence-corrected chi connectivity index (χ4v) is 2.34. The van der Waals surface area contributed by atoms with Crippen molar-refractivity contribution < 1.29 is 4.79 Å². The molecular formula is C12H20N4O. The average Bonchev–Trinajstić information content (AvgIpc) is 3.02. The molecule has 1 heterocycles. The molecule has 0 radical (unpaired) electrons. The summed E-state index contributed by atoms with van der Waals surface area (Å²) in [6.07, 6.45) is 10.0. The number of amides is 1. The maximum Gasteiger partial charge on any atom is 0.326 e. The highest BCUT2D eigenvalue weighted by Gasteiger charge is 2.18. The van der Waals surface area contributed by atoms with Crippen LogP contribution in [-0.4, -0.2) is 46.7 Å². The SMILES string of the molecule is CN(CCNC(=O)n1ccnc1)C1CCCC1. The minimum atomic E-state index is -0.109. The van der Waals surface area contributed by atoms with Crippen LogP contribution < -0.4 is 5.32 Å². The Bertz CT molecular complexity index is 343. The van der Waals surface area contributed by atoms with E-state index in [-0.39, 0.29) is 6.03 Å². The molecule has 94 valence electrons. The van der Waals surface area contributed by atoms with E-state index >= 15 is 0 Å². The molecule has 5 nitrogen and oxygen atoms in total. The fraction of sp³-hybridized carbons (Fsp3) is 0.667. The van der Waals surface area contributed by atoms with Gasteiger partial charge in [0.15, 0.2) is 0 Å². The maximum atomic E-state index is 11.6. The molecule has 1 aliphatic carbocycles. The molecule has 0 atom stereocenters. The van der Waals surface area contributed by atoms with Crippen LogP contribution in [0.25, 0.3) is 0 Å². The molecule has 0 aliphatic heterocycles. The van der Waals surface area contributed by atoms with Crippen molar-refractivity contribution >= 4 is 6.03 Å². The van der Waals surface area contributed by atoms with E-state index in [4.69, 9.17) is 0 Å². The van der Waals surface area contributed by atoms with E-state index in [1.807, 2.05) is 0 Å². The highest BCUT2D eigenvalue weighted by Crippen LogP contribution is 2.21. The first-order chi connectivity index (χ1) is 8.27. The fourth-order valence-electron chi connectivity index (χ4n) is 2.34. The summed E-state index contributed by atoms with van der Waals surface area (Å²) in [4.78, 5) is 17.8. The molecule has 0 spiro atoms. The van der Waals surface area contributed by atoms with Crippen molar-refractivity contribution in [3.8, 4) is 0 Å². The molecule has 1 aromatic heterocycles. The lowest BCUT2D eigenvalue weighted by Gasteiger charge is -2.23. The van der Waals surface area contributed by atoms with Gasteiger partial charge in [-0.25, -0.2) is 9.78 Å². The quantitative estimate of drug-likeness (QED) is 0.857. The Balaban J connectivity index is 1.67. The molecule has 1 aromatic rings. The lowest BCUT2D eigenvalue weighted by molar-refractivity contribution is 0.229. The van der Waals surface area contributed by atoms with E-state index in [2.05, 4.69) is 22.2 Å². The summed E-state index contributed by atoms with van der Waals surface area (Å²) in [5, 5.41) is 2.88. The van der Waals surface area contributed by atoms with Crippen LogP contribution >= 0.6 is 0 Å². The summed E-state index contributed by atoms with van der Waals surface area (Å²) in [6, 6.07) is 0.600. The van der Waals surface area contributed by atoms with Crippen molar-refractivity contribution in [1.29, 1.82) is 0 Å². The molecule has 0 aromatic carbocycles. The first kappa shape index (κ1) is 12.1. The molecular weight excluding hydrogens is 216 g/mol. The van der Waals surface area contributed by atoms with Gasteiger partial charge in [-0.05, 0) is 19.9 Å². The van der Waals surface area contributed by atoms with Gasteiger partial charge < -0.3 is 10.2 Å². The lowest BCUT2D eigenvalue weighted by atomic mass is 10.2. The van der Waals surface area contributed by atoms with Crippen molar-refractivity contribution in [3.63, 3.8) is 0 Å². The van der Waals surface area contributed by atoms with Crippen LogP contribution in [0.4, 0.5) is 4.79 Å². The normalized spacial score (nSPS) is 16.6. The van der Waals surface area contributed by atoms with Crippen LogP contribution in [-0.2, 0) is 0 Å². The third-order valence-corrected chi connectivity index (χ3v) is 3.43. The monoisotopic (exact) mass is 236 g/mol. The predicted octanol–water partition coefficient (Wildman–Crippen LogP) is 1.32. The van der Waals surface area contributed by atoms with E-state index in [0.717, 1.165) is 6.54 Å². The molecule has 1 amide bonds. The topological polar surface area (TPSA) is 50.2 Å². The van der Waals surface area contributed by atoms with Gasteiger partial charge in [0.2, 0.25) is 0 Å². The van der Waals surface area contributed by atoms with Gasteiger partial charge in [0, 0.05) is 31.5 Å². The summed E-state index contributed by atoms with van der Waals surface area (Å²) < 4.78 is 1.45. The van der Waals surface area contributed by atoms with E-state index < -0.39 is 0 Å². The Morgan fingerprint density at radius 2 is 2.29 bits per heavy atom. The number of hydrogen-bond donors (Lipinski definition) is 1. The second-order valence-electron chi connectivity index (χ2n) is 4.62. The predicted molar refractivity (Wildman–Crippen MR) is 65.9 cm³/mol. The Kier molecular flexibility index (Phi) is 4.14. The van der Waals surface area contributed by atoms with E-state index in [1.54, 1.807) is 12.4 Å². The first-order valence-corrected chi connectivity index (χ1v) is 6.24. The number of carbonyl (C=O) groups excluding carboxylic acids is 1. The van der Waals surface area contributed by atoms with E-state index in [9.17, 15) is 4.79 Å². The average molecular weight is 236 g/mol. The highest BCUT2D eigenvalue weighted by molar-refractivity contribution is 5.76. The maximum absolute atomic E-state index is 11.6. The summed E-state index contributed by atoms with van der Waals surface area (Å²) in [6.45, 7) is 1.59. The van der Waals surface area contributed by atoms with Gasteiger partial charge in [0.05, 0.1) is 0 Å². The summed E-state index contributed by atoms with van der Waals surface area (Å²) in [7, 11) is 2.14. The van der Waals surface area contributed by atoms with Crippen LogP contribution in [0.15, 0.2) is 18.7 Å². The molecule has 17 heavy (non-hydrogen) atoms. The minimum Gasteiger partial charge on any atom is -0.336 e. The second kappa shape index (κ2) is 5.82. The largest absolute Gasteiger partial charge is 0.336 e. The smallest absolute Gasteiger partial charge is 0.326 e. The van der Waals surface area contributed by atoms with E-state index in [0.29, 0.717) is 12.6 Å². The Morgan fingerprint density at radius 3 is 2.94 bits per heavy atom. The molecule has 5 heteroatoms. The van der Waals surface area contributed by atoms with Gasteiger partial charge in [-0.2, -0.15) is 0 Å². The summed E-state index contributed by atoms with van der Waals surface area (Å²) >= 11 is 0. The molecule has 1 N–H and O–H groups in total. The summed E-state index contributed by atoms with van der Waals surface area (Å²) in [5.74, 6) is 0. The summed E-state index contributed by atoms with van der Waals surface area (Å²) in [5.41, 5.74) is 0. The number of nitrogens with one attached hydrogen (secondary N) is 1. The van der Waals surface area contributed by atoms with Gasteiger partial charge in [0.25, 0.3) is 0 Å². The number of aromatic nitrogens is 2. The van der Waals surface area contributed by atoms with Gasteiger partial charge >= 0.3 is 6.03 Å². The van der Waals surface area contributed by atoms with Crippen molar-refractivity contribution in [1.82, 2.24) is 19.8 Å². The number of rotatable bonds is 4. The minimum absolute atomic E-state index is 0.109. The number of nitrogens with zero attached hydrogens (tertiary/aromatic N) is 3. The molecule has 0 saturated heterocycles. The third kappa shape index (κ3) is 3.30. The van der Waals surface area contributed by atoms with Crippen LogP contribution in [0.3, 0.4) is 0 Å². The van der Waals surface area contributed by atoms with Gasteiger partial charge in [-0.15, -0.1) is 0 Å². The zero-order valence-electron chi connectivity index (χ0n) is 10.3. The van der Waals surface area contributed by atoms with Gasteiger partial charge in [-0.1, -0.05) is 12.8 Å². The molecule has 1 aliphatic rings. The van der Waals surface area contributed by atoms with Crippen LogP contribution in [0.5, 0.6) is 0 Å². The molecule has 0 unspecified atom stereocenters. The van der Waals surface area contributed by atoms with E-state index in [1.165, 1.54) is 36.6 Å².